The van der Waals surface area contributed by atoms with Gasteiger partial charge in [0.05, 0.1) is 35.2 Å². The van der Waals surface area contributed by atoms with E-state index in [0.717, 1.165) is 87.7 Å². The number of nitrogen functional groups attached to an aromatic ring is 1. The molecular formula is C20H30ClN7. The lowest BCUT2D eigenvalue weighted by atomic mass is 10.2. The van der Waals surface area contributed by atoms with Crippen LogP contribution in [0.25, 0.3) is 0 Å². The summed E-state index contributed by atoms with van der Waals surface area (Å²) in [6, 6.07) is 0. The van der Waals surface area contributed by atoms with Gasteiger partial charge in [-0.3, -0.25) is 9.97 Å². The SMILES string of the molecule is CCN1CCc2ncc(Cl)nc2CC1.CCN1CCc2ncc(N)nc2CC1. The molecule has 2 aromatic heterocycles. The van der Waals surface area contributed by atoms with Crippen molar-refractivity contribution >= 4 is 17.4 Å². The first-order valence-electron chi connectivity index (χ1n) is 10.1. The molecule has 4 rings (SSSR count). The van der Waals surface area contributed by atoms with Crippen molar-refractivity contribution in [1.29, 1.82) is 0 Å². The normalized spacial score (nSPS) is 17.5. The summed E-state index contributed by atoms with van der Waals surface area (Å²) >= 11 is 5.81. The minimum atomic E-state index is 0.508. The lowest BCUT2D eigenvalue weighted by Gasteiger charge is -2.15. The van der Waals surface area contributed by atoms with E-state index in [1.165, 1.54) is 0 Å². The van der Waals surface area contributed by atoms with Crippen molar-refractivity contribution in [3.63, 3.8) is 0 Å². The molecule has 0 unspecified atom stereocenters. The van der Waals surface area contributed by atoms with Gasteiger partial charge in [-0.15, -0.1) is 0 Å². The van der Waals surface area contributed by atoms with E-state index in [1.807, 2.05) is 0 Å². The molecule has 0 amide bonds. The van der Waals surface area contributed by atoms with Gasteiger partial charge in [-0.2, -0.15) is 0 Å². The fraction of sp³-hybridized carbons (Fsp3) is 0.600. The Morgan fingerprint density at radius 1 is 0.786 bits per heavy atom. The molecule has 0 spiro atoms. The van der Waals surface area contributed by atoms with Gasteiger partial charge in [-0.1, -0.05) is 25.4 Å². The minimum Gasteiger partial charge on any atom is -0.382 e. The molecule has 7 nitrogen and oxygen atoms in total. The molecule has 2 N–H and O–H groups in total. The molecule has 0 saturated carbocycles. The van der Waals surface area contributed by atoms with E-state index in [9.17, 15) is 0 Å². The van der Waals surface area contributed by atoms with Gasteiger partial charge < -0.3 is 15.5 Å². The van der Waals surface area contributed by atoms with Crippen molar-refractivity contribution in [2.45, 2.75) is 39.5 Å². The highest BCUT2D eigenvalue weighted by atomic mass is 35.5. The number of likely N-dealkylation sites (N-methyl/N-ethyl adjacent to an activating group) is 2. The predicted octanol–water partition coefficient (Wildman–Crippen LogP) is 2.03. The minimum absolute atomic E-state index is 0.508. The molecule has 0 fully saturated rings. The number of nitrogens with two attached hydrogens (primary N) is 1. The van der Waals surface area contributed by atoms with Crippen molar-refractivity contribution in [3.8, 4) is 0 Å². The van der Waals surface area contributed by atoms with Crippen LogP contribution in [0.15, 0.2) is 12.4 Å². The number of hydrogen-bond acceptors (Lipinski definition) is 7. The molecule has 2 aromatic rings. The van der Waals surface area contributed by atoms with Gasteiger partial charge in [0.15, 0.2) is 0 Å². The Labute approximate surface area is 172 Å². The van der Waals surface area contributed by atoms with Crippen LogP contribution in [0.2, 0.25) is 5.15 Å². The topological polar surface area (TPSA) is 84.1 Å². The maximum Gasteiger partial charge on any atom is 0.147 e. The van der Waals surface area contributed by atoms with Crippen LogP contribution in [-0.4, -0.2) is 69.0 Å². The van der Waals surface area contributed by atoms with Crippen LogP contribution < -0.4 is 5.73 Å². The Hall–Kier alpha value is -1.83. The molecule has 2 aliphatic heterocycles. The molecular weight excluding hydrogens is 374 g/mol. The van der Waals surface area contributed by atoms with Gasteiger partial charge in [0, 0.05) is 51.9 Å². The first-order valence-corrected chi connectivity index (χ1v) is 10.5. The van der Waals surface area contributed by atoms with Gasteiger partial charge in [-0.25, -0.2) is 9.97 Å². The molecule has 152 valence electrons. The van der Waals surface area contributed by atoms with E-state index in [1.54, 1.807) is 12.4 Å². The largest absolute Gasteiger partial charge is 0.382 e. The summed E-state index contributed by atoms with van der Waals surface area (Å²) in [6.45, 7) is 10.9. The highest BCUT2D eigenvalue weighted by Crippen LogP contribution is 2.14. The standard InChI is InChI=1S/C10H14ClN3.C10H16N4/c2*1-2-14-5-3-8-9(4-6-14)13-10(11)7-12-8/h7H,2-6H2,1H3;7H,2-6H2,1H3,(H2,11,13). The van der Waals surface area contributed by atoms with Gasteiger partial charge >= 0.3 is 0 Å². The molecule has 0 aliphatic carbocycles. The Bertz CT molecular complexity index is 718. The van der Waals surface area contributed by atoms with Crippen LogP contribution in [0.5, 0.6) is 0 Å². The Morgan fingerprint density at radius 3 is 1.79 bits per heavy atom. The van der Waals surface area contributed by atoms with E-state index >= 15 is 0 Å². The number of nitrogens with zero attached hydrogens (tertiary/aromatic N) is 6. The summed E-state index contributed by atoms with van der Waals surface area (Å²) in [6.07, 6.45) is 7.23. The Balaban J connectivity index is 0.000000161. The van der Waals surface area contributed by atoms with Gasteiger partial charge in [0.1, 0.15) is 11.0 Å². The maximum absolute atomic E-state index is 5.81. The van der Waals surface area contributed by atoms with Crippen molar-refractivity contribution in [1.82, 2.24) is 29.7 Å². The van der Waals surface area contributed by atoms with Crippen LogP contribution in [0, 0.1) is 0 Å². The fourth-order valence-corrected chi connectivity index (χ4v) is 3.78. The Kier molecular flexibility index (Phi) is 7.53. The van der Waals surface area contributed by atoms with Gasteiger partial charge in [0.25, 0.3) is 0 Å². The molecule has 0 saturated heterocycles. The van der Waals surface area contributed by atoms with Crippen LogP contribution in [0.3, 0.4) is 0 Å². The predicted molar refractivity (Wildman–Crippen MR) is 113 cm³/mol. The quantitative estimate of drug-likeness (QED) is 0.821. The summed E-state index contributed by atoms with van der Waals surface area (Å²) in [4.78, 5) is 22.1. The van der Waals surface area contributed by atoms with Crippen LogP contribution in [0.4, 0.5) is 5.82 Å². The molecule has 0 atom stereocenters. The molecule has 0 bridgehead atoms. The fourth-order valence-electron chi connectivity index (χ4n) is 3.63. The van der Waals surface area contributed by atoms with Crippen molar-refractivity contribution in [2.75, 3.05) is 45.0 Å². The van der Waals surface area contributed by atoms with Crippen molar-refractivity contribution in [2.24, 2.45) is 0 Å². The lowest BCUT2D eigenvalue weighted by molar-refractivity contribution is 0.302. The number of rotatable bonds is 2. The average Bonchev–Trinajstić information content (AvgIpc) is 3.03. The number of fused-ring (bicyclic) bond motifs is 2. The summed E-state index contributed by atoms with van der Waals surface area (Å²) in [7, 11) is 0. The zero-order valence-electron chi connectivity index (χ0n) is 16.9. The second kappa shape index (κ2) is 10.1. The van der Waals surface area contributed by atoms with E-state index in [2.05, 4.69) is 43.6 Å². The molecule has 4 heterocycles. The van der Waals surface area contributed by atoms with E-state index < -0.39 is 0 Å². The van der Waals surface area contributed by atoms with Crippen molar-refractivity contribution < 1.29 is 0 Å². The first kappa shape index (κ1) is 20.9. The summed E-state index contributed by atoms with van der Waals surface area (Å²) < 4.78 is 0. The monoisotopic (exact) mass is 403 g/mol. The van der Waals surface area contributed by atoms with Gasteiger partial charge in [-0.05, 0) is 13.1 Å². The van der Waals surface area contributed by atoms with Crippen LogP contribution in [-0.2, 0) is 25.7 Å². The molecule has 2 aliphatic rings. The first-order chi connectivity index (χ1) is 13.6. The van der Waals surface area contributed by atoms with Gasteiger partial charge in [0.2, 0.25) is 0 Å². The molecule has 0 radical (unpaired) electrons. The smallest absolute Gasteiger partial charge is 0.147 e. The molecule has 8 heteroatoms. The van der Waals surface area contributed by atoms with E-state index in [-0.39, 0.29) is 0 Å². The third-order valence-corrected chi connectivity index (χ3v) is 5.59. The average molecular weight is 404 g/mol. The zero-order valence-corrected chi connectivity index (χ0v) is 17.6. The number of aromatic nitrogens is 4. The van der Waals surface area contributed by atoms with E-state index in [4.69, 9.17) is 17.3 Å². The summed E-state index contributed by atoms with van der Waals surface area (Å²) in [5.74, 6) is 0.536. The number of anilines is 1. The third kappa shape index (κ3) is 5.59. The van der Waals surface area contributed by atoms with Crippen molar-refractivity contribution in [3.05, 3.63) is 40.3 Å². The molecule has 28 heavy (non-hydrogen) atoms. The Morgan fingerprint density at radius 2 is 1.25 bits per heavy atom. The molecule has 0 aromatic carbocycles. The van der Waals surface area contributed by atoms with E-state index in [0.29, 0.717) is 11.0 Å². The lowest BCUT2D eigenvalue weighted by Crippen LogP contribution is -2.25. The number of halogens is 1. The second-order valence-electron chi connectivity index (χ2n) is 7.14. The highest BCUT2D eigenvalue weighted by molar-refractivity contribution is 6.29. The third-order valence-electron chi connectivity index (χ3n) is 5.41. The second-order valence-corrected chi connectivity index (χ2v) is 7.53. The summed E-state index contributed by atoms with van der Waals surface area (Å²) in [5.41, 5.74) is 10.0. The van der Waals surface area contributed by atoms with Crippen LogP contribution in [0.1, 0.15) is 36.6 Å². The zero-order chi connectivity index (χ0) is 19.9. The maximum atomic E-state index is 5.81. The number of hydrogen-bond donors (Lipinski definition) is 1. The highest BCUT2D eigenvalue weighted by Gasteiger charge is 2.15. The van der Waals surface area contributed by atoms with Crippen LogP contribution >= 0.6 is 11.6 Å². The summed E-state index contributed by atoms with van der Waals surface area (Å²) in [5, 5.41) is 0.508.